The fourth-order valence-electron chi connectivity index (χ4n) is 2.35. The zero-order chi connectivity index (χ0) is 12.3. The lowest BCUT2D eigenvalue weighted by molar-refractivity contribution is 0.436. The van der Waals surface area contributed by atoms with Gasteiger partial charge in [-0.15, -0.1) is 12.4 Å². The lowest BCUT2D eigenvalue weighted by atomic mass is 9.99. The number of nitrogens with zero attached hydrogens (tertiary/aromatic N) is 3. The van der Waals surface area contributed by atoms with Crippen LogP contribution in [0.3, 0.4) is 0 Å². The van der Waals surface area contributed by atoms with E-state index in [4.69, 9.17) is 0 Å². The molecule has 1 aromatic rings. The number of aryl methyl sites for hydroxylation is 2. The average molecular weight is 270 g/mol. The third kappa shape index (κ3) is 3.84. The molecule has 2 heterocycles. The van der Waals surface area contributed by atoms with Crippen LogP contribution in [-0.4, -0.2) is 23.1 Å². The minimum absolute atomic E-state index is 0. The lowest BCUT2D eigenvalue weighted by Crippen LogP contribution is -2.33. The zero-order valence-electron chi connectivity index (χ0n) is 11.6. The van der Waals surface area contributed by atoms with Crippen LogP contribution < -0.4 is 4.90 Å². The molecule has 1 aromatic heterocycles. The molecular formula is C14H24ClN3. The molecule has 1 fully saturated rings. The molecule has 0 spiro atoms. The first-order valence-corrected chi connectivity index (χ1v) is 6.78. The van der Waals surface area contributed by atoms with Gasteiger partial charge in [0.1, 0.15) is 11.6 Å². The van der Waals surface area contributed by atoms with Crippen LogP contribution in [-0.2, 0) is 6.42 Å². The summed E-state index contributed by atoms with van der Waals surface area (Å²) in [6.07, 6.45) is 4.66. The molecule has 3 nitrogen and oxygen atoms in total. The Balaban J connectivity index is 0.00000162. The van der Waals surface area contributed by atoms with Crippen LogP contribution in [0.4, 0.5) is 5.82 Å². The molecule has 0 unspecified atom stereocenters. The molecule has 0 bridgehead atoms. The van der Waals surface area contributed by atoms with Crippen LogP contribution in [0.5, 0.6) is 0 Å². The van der Waals surface area contributed by atoms with Crippen LogP contribution in [0.15, 0.2) is 6.07 Å². The molecule has 0 N–H and O–H groups in total. The molecule has 0 saturated carbocycles. The monoisotopic (exact) mass is 269 g/mol. The third-order valence-corrected chi connectivity index (χ3v) is 3.47. The lowest BCUT2D eigenvalue weighted by Gasteiger charge is -2.31. The van der Waals surface area contributed by atoms with E-state index in [1.54, 1.807) is 0 Å². The fourth-order valence-corrected chi connectivity index (χ4v) is 2.35. The van der Waals surface area contributed by atoms with E-state index < -0.39 is 0 Å². The van der Waals surface area contributed by atoms with E-state index in [2.05, 4.69) is 41.7 Å². The van der Waals surface area contributed by atoms with E-state index in [9.17, 15) is 0 Å². The SMILES string of the molecule is CCCc1nc(C)cc(N2CCC(C)CC2)n1.Cl. The smallest absolute Gasteiger partial charge is 0.132 e. The Hall–Kier alpha value is -0.830. The van der Waals surface area contributed by atoms with Crippen LogP contribution >= 0.6 is 12.4 Å². The number of hydrogen-bond acceptors (Lipinski definition) is 3. The highest BCUT2D eigenvalue weighted by molar-refractivity contribution is 5.85. The molecule has 18 heavy (non-hydrogen) atoms. The largest absolute Gasteiger partial charge is 0.356 e. The summed E-state index contributed by atoms with van der Waals surface area (Å²) in [4.78, 5) is 11.6. The Morgan fingerprint density at radius 3 is 2.56 bits per heavy atom. The van der Waals surface area contributed by atoms with Gasteiger partial charge >= 0.3 is 0 Å². The first-order chi connectivity index (χ1) is 8.19. The molecule has 4 heteroatoms. The van der Waals surface area contributed by atoms with E-state index >= 15 is 0 Å². The number of halogens is 1. The van der Waals surface area contributed by atoms with Gasteiger partial charge in [0.25, 0.3) is 0 Å². The second-order valence-electron chi connectivity index (χ2n) is 5.20. The molecule has 102 valence electrons. The predicted molar refractivity (Wildman–Crippen MR) is 78.6 cm³/mol. The molecule has 1 aliphatic heterocycles. The van der Waals surface area contributed by atoms with Gasteiger partial charge in [0.2, 0.25) is 0 Å². The van der Waals surface area contributed by atoms with Crippen LogP contribution in [0, 0.1) is 12.8 Å². The molecule has 0 radical (unpaired) electrons. The van der Waals surface area contributed by atoms with Crippen molar-refractivity contribution in [2.45, 2.75) is 46.5 Å². The van der Waals surface area contributed by atoms with Gasteiger partial charge in [0.15, 0.2) is 0 Å². The Bertz CT molecular complexity index is 373. The summed E-state index contributed by atoms with van der Waals surface area (Å²) in [5, 5.41) is 0. The standard InChI is InChI=1S/C14H23N3.ClH/c1-4-5-13-15-12(3)10-14(16-13)17-8-6-11(2)7-9-17;/h10-11H,4-9H2,1-3H3;1H. The fraction of sp³-hybridized carbons (Fsp3) is 0.714. The summed E-state index contributed by atoms with van der Waals surface area (Å²) < 4.78 is 0. The average Bonchev–Trinajstić information content (AvgIpc) is 2.29. The maximum absolute atomic E-state index is 4.69. The van der Waals surface area contributed by atoms with Gasteiger partial charge in [-0.05, 0) is 32.1 Å². The van der Waals surface area contributed by atoms with Gasteiger partial charge < -0.3 is 4.90 Å². The van der Waals surface area contributed by atoms with Crippen molar-refractivity contribution in [2.75, 3.05) is 18.0 Å². The summed E-state index contributed by atoms with van der Waals surface area (Å²) in [5.74, 6) is 3.00. The Morgan fingerprint density at radius 1 is 1.28 bits per heavy atom. The summed E-state index contributed by atoms with van der Waals surface area (Å²) in [7, 11) is 0. The van der Waals surface area contributed by atoms with Gasteiger partial charge in [0, 0.05) is 31.3 Å². The highest BCUT2D eigenvalue weighted by atomic mass is 35.5. The van der Waals surface area contributed by atoms with Crippen molar-refractivity contribution in [3.05, 3.63) is 17.6 Å². The number of hydrogen-bond donors (Lipinski definition) is 0. The van der Waals surface area contributed by atoms with Crippen molar-refractivity contribution in [3.63, 3.8) is 0 Å². The molecule has 0 aromatic carbocycles. The summed E-state index contributed by atoms with van der Waals surface area (Å²) in [6, 6.07) is 2.12. The van der Waals surface area contributed by atoms with Gasteiger partial charge in [-0.25, -0.2) is 9.97 Å². The summed E-state index contributed by atoms with van der Waals surface area (Å²) >= 11 is 0. The molecule has 2 rings (SSSR count). The second kappa shape index (κ2) is 6.93. The zero-order valence-corrected chi connectivity index (χ0v) is 12.5. The Morgan fingerprint density at radius 2 is 1.94 bits per heavy atom. The van der Waals surface area contributed by atoms with E-state index in [-0.39, 0.29) is 12.4 Å². The van der Waals surface area contributed by atoms with Crippen molar-refractivity contribution < 1.29 is 0 Å². The maximum Gasteiger partial charge on any atom is 0.132 e. The molecule has 1 saturated heterocycles. The number of piperidine rings is 1. The second-order valence-corrected chi connectivity index (χ2v) is 5.20. The predicted octanol–water partition coefficient (Wildman–Crippen LogP) is 3.40. The van der Waals surface area contributed by atoms with Crippen LogP contribution in [0.25, 0.3) is 0 Å². The van der Waals surface area contributed by atoms with Crippen molar-refractivity contribution in [1.82, 2.24) is 9.97 Å². The molecule has 1 aliphatic rings. The normalized spacial score (nSPS) is 16.5. The quantitative estimate of drug-likeness (QED) is 0.842. The number of aromatic nitrogens is 2. The highest BCUT2D eigenvalue weighted by Crippen LogP contribution is 2.21. The van der Waals surface area contributed by atoms with Crippen molar-refractivity contribution in [3.8, 4) is 0 Å². The first-order valence-electron chi connectivity index (χ1n) is 6.78. The number of rotatable bonds is 3. The number of anilines is 1. The van der Waals surface area contributed by atoms with Gasteiger partial charge in [-0.3, -0.25) is 0 Å². The summed E-state index contributed by atoms with van der Waals surface area (Å²) in [6.45, 7) is 8.86. The van der Waals surface area contributed by atoms with E-state index in [1.807, 2.05) is 0 Å². The first kappa shape index (κ1) is 15.2. The molecule has 0 amide bonds. The van der Waals surface area contributed by atoms with Crippen LogP contribution in [0.1, 0.15) is 44.6 Å². The van der Waals surface area contributed by atoms with Crippen molar-refractivity contribution >= 4 is 18.2 Å². The topological polar surface area (TPSA) is 29.0 Å². The Labute approximate surface area is 116 Å². The Kier molecular flexibility index (Phi) is 5.86. The van der Waals surface area contributed by atoms with Crippen molar-refractivity contribution in [2.24, 2.45) is 5.92 Å². The highest BCUT2D eigenvalue weighted by Gasteiger charge is 2.17. The van der Waals surface area contributed by atoms with E-state index in [1.165, 1.54) is 12.8 Å². The van der Waals surface area contributed by atoms with Gasteiger partial charge in [0.05, 0.1) is 0 Å². The van der Waals surface area contributed by atoms with Crippen LogP contribution in [0.2, 0.25) is 0 Å². The third-order valence-electron chi connectivity index (χ3n) is 3.47. The van der Waals surface area contributed by atoms with E-state index in [0.717, 1.165) is 49.2 Å². The maximum atomic E-state index is 4.69. The van der Waals surface area contributed by atoms with Crippen molar-refractivity contribution in [1.29, 1.82) is 0 Å². The van der Waals surface area contributed by atoms with E-state index in [0.29, 0.717) is 0 Å². The molecular weight excluding hydrogens is 246 g/mol. The summed E-state index contributed by atoms with van der Waals surface area (Å²) in [5.41, 5.74) is 1.09. The van der Waals surface area contributed by atoms with Gasteiger partial charge in [-0.1, -0.05) is 13.8 Å². The van der Waals surface area contributed by atoms with Gasteiger partial charge in [-0.2, -0.15) is 0 Å². The molecule has 0 aliphatic carbocycles. The minimum atomic E-state index is 0. The molecule has 0 atom stereocenters. The minimum Gasteiger partial charge on any atom is -0.356 e.